The summed E-state index contributed by atoms with van der Waals surface area (Å²) in [7, 11) is 4.54. The third-order valence-corrected chi connectivity index (χ3v) is 12.4. The fourth-order valence-corrected chi connectivity index (χ4v) is 8.93. The number of aliphatic carboxylic acids is 1. The highest BCUT2D eigenvalue weighted by molar-refractivity contribution is 6.35. The molecule has 0 aromatic rings. The number of aliphatic hydroxyl groups excluding tert-OH is 2. The number of ether oxygens (including phenoxy) is 5. The molecule has 3 aliphatic rings. The number of esters is 1. The number of nitrogens with one attached hydrogen (secondary N) is 1. The Morgan fingerprint density at radius 1 is 1.00 bits per heavy atom. The maximum atomic E-state index is 13.9. The van der Waals surface area contributed by atoms with Gasteiger partial charge in [-0.1, -0.05) is 51.0 Å². The van der Waals surface area contributed by atoms with Gasteiger partial charge in [0.2, 0.25) is 5.79 Å². The average molecular weight is 822 g/mol. The third kappa shape index (κ3) is 13.3. The summed E-state index contributed by atoms with van der Waals surface area (Å²) in [6.07, 6.45) is 6.58. The Morgan fingerprint density at radius 3 is 2.28 bits per heavy atom. The first kappa shape index (κ1) is 49.5. The fraction of sp³-hybridized carbons (Fsp3) is 0.773. The topological polar surface area (TPSA) is 207 Å². The Bertz CT molecular complexity index is 1440. The molecule has 5 N–H and O–H groups in total. The van der Waals surface area contributed by atoms with Gasteiger partial charge >= 0.3 is 11.9 Å². The van der Waals surface area contributed by atoms with E-state index < -0.39 is 78.0 Å². The molecule has 2 saturated heterocycles. The van der Waals surface area contributed by atoms with Gasteiger partial charge in [-0.25, -0.2) is 4.79 Å². The van der Waals surface area contributed by atoms with E-state index in [0.29, 0.717) is 38.5 Å². The minimum absolute atomic E-state index is 0.0366. The summed E-state index contributed by atoms with van der Waals surface area (Å²) in [6, 6.07) is -0.436. The lowest BCUT2D eigenvalue weighted by molar-refractivity contribution is -0.302. The number of Topliss-reactive ketones (excluding diaryl/α,β-unsaturated/α-hetero) is 2. The molecule has 0 bridgehead atoms. The van der Waals surface area contributed by atoms with Gasteiger partial charge in [-0.15, -0.1) is 6.58 Å². The van der Waals surface area contributed by atoms with Crippen LogP contribution in [0.5, 0.6) is 0 Å². The number of piperidine rings is 1. The minimum Gasteiger partial charge on any atom is -0.475 e. The van der Waals surface area contributed by atoms with E-state index in [2.05, 4.69) is 18.0 Å². The molecule has 0 amide bonds. The van der Waals surface area contributed by atoms with E-state index in [1.807, 2.05) is 26.8 Å². The summed E-state index contributed by atoms with van der Waals surface area (Å²) in [5.41, 5.74) is 1.70. The second kappa shape index (κ2) is 23.3. The van der Waals surface area contributed by atoms with Crippen LogP contribution in [0.15, 0.2) is 36.0 Å². The molecule has 0 radical (unpaired) electrons. The third-order valence-electron chi connectivity index (χ3n) is 12.4. The molecule has 1 unspecified atom stereocenters. The van der Waals surface area contributed by atoms with Crippen LogP contribution in [-0.2, 0) is 42.9 Å². The molecule has 0 aromatic carbocycles. The number of hydrogen-bond donors (Lipinski definition) is 5. The molecule has 14 atom stereocenters. The maximum Gasteiger partial charge on any atom is 0.378 e. The number of carbonyl (C=O) groups excluding carboxylic acids is 3. The zero-order chi connectivity index (χ0) is 43.3. The first-order valence-electron chi connectivity index (χ1n) is 21.0. The molecule has 3 fully saturated rings. The maximum absolute atomic E-state index is 13.9. The lowest BCUT2D eigenvalue weighted by Gasteiger charge is -2.46. The molecule has 3 rings (SSSR count). The molecule has 1 aliphatic carbocycles. The number of methoxy groups -OCH3 is 3. The quantitative estimate of drug-likeness (QED) is 0.0581. The molecule has 0 aromatic heterocycles. The number of hydrogen-bond acceptors (Lipinski definition) is 13. The summed E-state index contributed by atoms with van der Waals surface area (Å²) in [5, 5.41) is 45.6. The van der Waals surface area contributed by atoms with Crippen LogP contribution in [0.1, 0.15) is 105 Å². The van der Waals surface area contributed by atoms with Gasteiger partial charge in [0.25, 0.3) is 5.78 Å². The average Bonchev–Trinajstić information content (AvgIpc) is 3.19. The van der Waals surface area contributed by atoms with Crippen molar-refractivity contribution in [3.8, 4) is 0 Å². The Kier molecular flexibility index (Phi) is 19.9. The summed E-state index contributed by atoms with van der Waals surface area (Å²) in [6.45, 7) is 13.7. The molecule has 330 valence electrons. The number of aliphatic hydroxyl groups is 3. The van der Waals surface area contributed by atoms with E-state index in [1.54, 1.807) is 20.1 Å². The van der Waals surface area contributed by atoms with Gasteiger partial charge in [-0.3, -0.25) is 14.4 Å². The van der Waals surface area contributed by atoms with Crippen molar-refractivity contribution in [1.82, 2.24) is 5.32 Å². The Balaban J connectivity index is 1.73. The van der Waals surface area contributed by atoms with Gasteiger partial charge in [0, 0.05) is 45.5 Å². The summed E-state index contributed by atoms with van der Waals surface area (Å²) < 4.78 is 28.9. The van der Waals surface area contributed by atoms with Crippen molar-refractivity contribution in [1.29, 1.82) is 0 Å². The van der Waals surface area contributed by atoms with E-state index in [-0.39, 0.29) is 42.5 Å². The van der Waals surface area contributed by atoms with Gasteiger partial charge in [-0.05, 0) is 95.6 Å². The van der Waals surface area contributed by atoms with Crippen molar-refractivity contribution >= 4 is 23.5 Å². The molecular formula is C44H71NO13. The molecule has 14 nitrogen and oxygen atoms in total. The van der Waals surface area contributed by atoms with Crippen molar-refractivity contribution in [2.45, 2.75) is 160 Å². The molecule has 1 saturated carbocycles. The monoisotopic (exact) mass is 821 g/mol. The first-order valence-corrected chi connectivity index (χ1v) is 21.0. The van der Waals surface area contributed by atoms with E-state index in [1.165, 1.54) is 21.1 Å². The van der Waals surface area contributed by atoms with Crippen molar-refractivity contribution < 1.29 is 63.3 Å². The second-order valence-electron chi connectivity index (χ2n) is 17.1. The van der Waals surface area contributed by atoms with Gasteiger partial charge in [0.1, 0.15) is 24.0 Å². The van der Waals surface area contributed by atoms with Crippen LogP contribution in [0.25, 0.3) is 0 Å². The SMILES string of the molecule is C=CC[C@@H](/C=C(/C)C[C@@H](C)C[C@@H](OC)[C@@H]1O[C@@](O)(C(=O)C(=O)O)[C@H](C)C[C@@H]1OC)C(=O)C[C@H](O)[C@@H](C)[C@H](OC(=O)[C@H]1CCCCN1)/C(C)=C/C1CC[C@@H](O)[C@H](OC)C1. The molecule has 2 heterocycles. The summed E-state index contributed by atoms with van der Waals surface area (Å²) >= 11 is 0. The van der Waals surface area contributed by atoms with E-state index in [4.69, 9.17) is 23.7 Å². The van der Waals surface area contributed by atoms with E-state index in [0.717, 1.165) is 37.0 Å². The predicted molar refractivity (Wildman–Crippen MR) is 217 cm³/mol. The van der Waals surface area contributed by atoms with Crippen molar-refractivity contribution in [2.75, 3.05) is 27.9 Å². The van der Waals surface area contributed by atoms with Crippen molar-refractivity contribution in [2.24, 2.45) is 29.6 Å². The second-order valence-corrected chi connectivity index (χ2v) is 17.1. The van der Waals surface area contributed by atoms with Crippen LogP contribution < -0.4 is 5.32 Å². The van der Waals surface area contributed by atoms with Gasteiger partial charge in [-0.2, -0.15) is 0 Å². The van der Waals surface area contributed by atoms with Crippen LogP contribution in [0, 0.1) is 29.6 Å². The summed E-state index contributed by atoms with van der Waals surface area (Å²) in [5.74, 6) is -8.28. The number of carbonyl (C=O) groups is 4. The molecule has 58 heavy (non-hydrogen) atoms. The number of ketones is 2. The zero-order valence-corrected chi connectivity index (χ0v) is 35.9. The van der Waals surface area contributed by atoms with Crippen LogP contribution in [0.2, 0.25) is 0 Å². The zero-order valence-electron chi connectivity index (χ0n) is 35.9. The predicted octanol–water partition coefficient (Wildman–Crippen LogP) is 4.47. The van der Waals surface area contributed by atoms with Crippen LogP contribution in [0.4, 0.5) is 0 Å². The Morgan fingerprint density at radius 2 is 1.69 bits per heavy atom. The normalized spacial score (nSPS) is 31.6. The van der Waals surface area contributed by atoms with Gasteiger partial charge in [0.05, 0.1) is 30.5 Å². The number of carboxylic acid groups (broad SMARTS) is 1. The standard InChI is InChI=1S/C44H71NO13/c1-10-13-31(19-25(2)18-26(3)20-37(55-8)40-38(56-9)22-28(5)44(53,58-40)41(49)42(50)51)35(48)24-34(47)29(6)39(57-43(52)32-14-11-12-17-45-32)27(4)21-30-15-16-33(46)36(23-30)54-7/h10,19,21,26,28-34,36-40,45-47,53H,1,11-18,20,22-24H2,2-9H3,(H,50,51)/b25-19-,27-21+/t26-,28-,29-,30?,31+,32-,33-,34+,36-,37-,38+,39-,40+,44-/m1/s1. The molecule has 2 aliphatic heterocycles. The highest BCUT2D eigenvalue weighted by atomic mass is 16.7. The minimum atomic E-state index is -2.53. The molecule has 14 heteroatoms. The van der Waals surface area contributed by atoms with Crippen molar-refractivity contribution in [3.63, 3.8) is 0 Å². The lowest BCUT2D eigenvalue weighted by atomic mass is 9.81. The van der Waals surface area contributed by atoms with E-state index in [9.17, 15) is 39.6 Å². The van der Waals surface area contributed by atoms with Crippen LogP contribution >= 0.6 is 0 Å². The Hall–Kier alpha value is -2.82. The number of rotatable bonds is 22. The van der Waals surface area contributed by atoms with E-state index >= 15 is 0 Å². The number of allylic oxidation sites excluding steroid dienone is 4. The molecular weight excluding hydrogens is 750 g/mol. The van der Waals surface area contributed by atoms with Crippen LogP contribution in [0.3, 0.4) is 0 Å². The fourth-order valence-electron chi connectivity index (χ4n) is 8.93. The lowest BCUT2D eigenvalue weighted by Crippen LogP contribution is -2.62. The van der Waals surface area contributed by atoms with Crippen molar-refractivity contribution in [3.05, 3.63) is 36.0 Å². The smallest absolute Gasteiger partial charge is 0.378 e. The summed E-state index contributed by atoms with van der Waals surface area (Å²) in [4.78, 5) is 51.3. The Labute approximate surface area is 344 Å². The molecule has 0 spiro atoms. The highest BCUT2D eigenvalue weighted by Gasteiger charge is 2.55. The highest BCUT2D eigenvalue weighted by Crippen LogP contribution is 2.38. The van der Waals surface area contributed by atoms with Gasteiger partial charge in [0.15, 0.2) is 0 Å². The van der Waals surface area contributed by atoms with Crippen LogP contribution in [-0.4, -0.2) is 126 Å². The first-order chi connectivity index (χ1) is 27.4. The largest absolute Gasteiger partial charge is 0.475 e. The van der Waals surface area contributed by atoms with Gasteiger partial charge < -0.3 is 49.4 Å². The number of carboxylic acids is 1.